The molecule has 0 aliphatic carbocycles. The molecule has 49 heavy (non-hydrogen) atoms. The molecule has 3 aliphatic heterocycles. The predicted molar refractivity (Wildman–Crippen MR) is 184 cm³/mol. The molecule has 0 unspecified atom stereocenters. The lowest BCUT2D eigenvalue weighted by Crippen LogP contribution is -2.61. The highest BCUT2D eigenvalue weighted by Crippen LogP contribution is 2.41. The zero-order chi connectivity index (χ0) is 37.2. The number of rotatable bonds is 5. The number of nitrogens with one attached hydrogen (secondary N) is 1. The van der Waals surface area contributed by atoms with Gasteiger partial charge >= 0.3 is 5.97 Å². The van der Waals surface area contributed by atoms with E-state index < -0.39 is 76.8 Å². The van der Waals surface area contributed by atoms with Crippen molar-refractivity contribution in [1.29, 1.82) is 5.41 Å². The molecule has 0 radical (unpaired) electrons. The average molecular weight is 696 g/mol. The third-order valence-electron chi connectivity index (χ3n) is 10.7. The van der Waals surface area contributed by atoms with E-state index in [1.165, 1.54) is 20.8 Å². The van der Waals surface area contributed by atoms with Crippen LogP contribution in [0.25, 0.3) is 0 Å². The molecule has 0 saturated carbocycles. The molecule has 3 heterocycles. The summed E-state index contributed by atoms with van der Waals surface area (Å²) >= 11 is 0. The molecule has 280 valence electrons. The van der Waals surface area contributed by atoms with Crippen LogP contribution in [-0.2, 0) is 38.1 Å². The Balaban J connectivity index is 2.34. The van der Waals surface area contributed by atoms with Gasteiger partial charge in [-0.25, -0.2) is 4.99 Å². The monoisotopic (exact) mass is 695 g/mol. The second-order valence-corrected chi connectivity index (χ2v) is 15.5. The number of aliphatic imine (C=N–C) groups is 1. The molecule has 13 nitrogen and oxygen atoms in total. The summed E-state index contributed by atoms with van der Waals surface area (Å²) < 4.78 is 31.7. The van der Waals surface area contributed by atoms with Crippen molar-refractivity contribution in [2.45, 2.75) is 149 Å². The first-order valence-electron chi connectivity index (χ1n) is 17.7. The molecule has 0 aromatic heterocycles. The number of ketones is 1. The minimum atomic E-state index is -1.81. The van der Waals surface area contributed by atoms with E-state index in [2.05, 4.69) is 4.99 Å². The van der Waals surface area contributed by atoms with Crippen LogP contribution in [0.15, 0.2) is 4.99 Å². The van der Waals surface area contributed by atoms with Crippen molar-refractivity contribution in [3.05, 3.63) is 0 Å². The maximum Gasteiger partial charge on any atom is 0.319 e. The van der Waals surface area contributed by atoms with Gasteiger partial charge in [0.15, 0.2) is 12.1 Å². The van der Waals surface area contributed by atoms with E-state index in [9.17, 15) is 24.6 Å². The van der Waals surface area contributed by atoms with Crippen LogP contribution in [0.1, 0.15) is 94.9 Å². The summed E-state index contributed by atoms with van der Waals surface area (Å²) in [7, 11) is 3.73. The van der Waals surface area contributed by atoms with Crippen LogP contribution in [0.4, 0.5) is 0 Å². The summed E-state index contributed by atoms with van der Waals surface area (Å²) in [4.78, 5) is 47.8. The van der Waals surface area contributed by atoms with Crippen LogP contribution < -0.4 is 0 Å². The van der Waals surface area contributed by atoms with Crippen molar-refractivity contribution < 1.29 is 48.3 Å². The van der Waals surface area contributed by atoms with E-state index in [0.29, 0.717) is 12.1 Å². The van der Waals surface area contributed by atoms with Gasteiger partial charge in [0.1, 0.15) is 23.2 Å². The van der Waals surface area contributed by atoms with Crippen molar-refractivity contribution in [2.75, 3.05) is 27.3 Å². The molecule has 2 bridgehead atoms. The number of fused-ring (bicyclic) bond motifs is 5. The quantitative estimate of drug-likeness (QED) is 0.284. The Bertz CT molecular complexity index is 1250. The fourth-order valence-electron chi connectivity index (χ4n) is 7.78. The van der Waals surface area contributed by atoms with Gasteiger partial charge < -0.3 is 44.2 Å². The van der Waals surface area contributed by atoms with Crippen molar-refractivity contribution >= 4 is 29.1 Å². The van der Waals surface area contributed by atoms with Crippen molar-refractivity contribution in [2.24, 2.45) is 28.2 Å². The van der Waals surface area contributed by atoms with Gasteiger partial charge in [0.2, 0.25) is 5.91 Å². The molecule has 0 spiro atoms. The number of aliphatic hydroxyl groups excluding tert-OH is 1. The van der Waals surface area contributed by atoms with Gasteiger partial charge in [-0.15, -0.1) is 0 Å². The predicted octanol–water partition coefficient (Wildman–Crippen LogP) is 3.35. The first-order chi connectivity index (χ1) is 22.6. The van der Waals surface area contributed by atoms with E-state index in [1.807, 2.05) is 32.8 Å². The smallest absolute Gasteiger partial charge is 0.319 e. The highest BCUT2D eigenvalue weighted by molar-refractivity contribution is 6.04. The molecule has 1 amide bonds. The average Bonchev–Trinajstić information content (AvgIpc) is 3.04. The molecule has 3 fully saturated rings. The molecule has 0 aromatic carbocycles. The fraction of sp³-hybridized carbons (Fsp3) is 0.861. The Labute approximate surface area is 291 Å². The van der Waals surface area contributed by atoms with Gasteiger partial charge in [-0.1, -0.05) is 34.6 Å². The van der Waals surface area contributed by atoms with E-state index >= 15 is 0 Å². The Morgan fingerprint density at radius 3 is 2.27 bits per heavy atom. The number of carbonyl (C=O) groups is 3. The number of amides is 1. The molecular formula is C36H61N3O10. The lowest BCUT2D eigenvalue weighted by Gasteiger charge is -2.48. The molecule has 3 aliphatic rings. The van der Waals surface area contributed by atoms with E-state index in [-0.39, 0.29) is 56.2 Å². The third-order valence-corrected chi connectivity index (χ3v) is 10.7. The summed E-state index contributed by atoms with van der Waals surface area (Å²) in [5.41, 5.74) is -4.35. The standard InChI is InChI=1S/C36H61N3O10/c1-13-25-36(10,44)31-21(5)27(38-26(40)14-2)19(3)16-35(9,46-18-23(37)17-45-31)30(22(6)29(42)34(7,8)33(43)48-25)49-32-28(41)24(39(11)12)15-20(4)47-32/h19-22,24-25,28,30-32,37,41,44H,13-18H2,1-12H3/t19-,20-,21+,22+,24+,25-,28-,30-,31-,32+,35-,36-/m1/s1. The number of carbonyl (C=O) groups excluding carboxylic acids is 3. The fourth-order valence-corrected chi connectivity index (χ4v) is 7.78. The summed E-state index contributed by atoms with van der Waals surface area (Å²) in [6.45, 7) is 16.5. The van der Waals surface area contributed by atoms with Crippen LogP contribution in [0.2, 0.25) is 0 Å². The maximum absolute atomic E-state index is 14.5. The van der Waals surface area contributed by atoms with Crippen LogP contribution in [0.5, 0.6) is 0 Å². The van der Waals surface area contributed by atoms with Crippen LogP contribution >= 0.6 is 0 Å². The number of ether oxygens (including phenoxy) is 5. The minimum Gasteiger partial charge on any atom is -0.458 e. The second-order valence-electron chi connectivity index (χ2n) is 15.5. The van der Waals surface area contributed by atoms with E-state index in [1.54, 1.807) is 34.6 Å². The van der Waals surface area contributed by atoms with Gasteiger partial charge in [0.05, 0.1) is 42.8 Å². The highest BCUT2D eigenvalue weighted by atomic mass is 16.7. The number of esters is 1. The number of hydrogen-bond donors (Lipinski definition) is 3. The molecule has 12 atom stereocenters. The SMILES string of the molecule is CCC(=O)N=C1[C@H](C)C[C@@]2(C)OCC(=N)CO[C@H]([C@H]1C)[C@](C)(O)[C@@H](CC)OC(=O)C(C)(C)C(=O)[C@H](C)[C@H]2O[C@@H]1O[C@H](C)C[C@H](N(C)C)[C@H]1O. The van der Waals surface area contributed by atoms with E-state index in [0.717, 1.165) is 0 Å². The zero-order valence-corrected chi connectivity index (χ0v) is 31.6. The van der Waals surface area contributed by atoms with E-state index in [4.69, 9.17) is 29.1 Å². The number of likely N-dealkylation sites (N-methyl/N-ethyl adjacent to an activating group) is 1. The van der Waals surface area contributed by atoms with Gasteiger partial charge in [-0.3, -0.25) is 14.4 Å². The van der Waals surface area contributed by atoms with Gasteiger partial charge in [0, 0.05) is 30.0 Å². The lowest BCUT2D eigenvalue weighted by molar-refractivity contribution is -0.296. The van der Waals surface area contributed by atoms with Crippen LogP contribution in [0, 0.1) is 28.6 Å². The number of aliphatic hydroxyl groups is 2. The van der Waals surface area contributed by atoms with Gasteiger partial charge in [0.25, 0.3) is 0 Å². The van der Waals surface area contributed by atoms with Gasteiger partial charge in [-0.2, -0.15) is 0 Å². The van der Waals surface area contributed by atoms with Crippen molar-refractivity contribution in [3.8, 4) is 0 Å². The Kier molecular flexibility index (Phi) is 13.5. The lowest BCUT2D eigenvalue weighted by atomic mass is 9.71. The first kappa shape index (κ1) is 41.3. The molecule has 3 N–H and O–H groups in total. The highest BCUT2D eigenvalue weighted by Gasteiger charge is 2.55. The van der Waals surface area contributed by atoms with Crippen molar-refractivity contribution in [1.82, 2.24) is 4.90 Å². The largest absolute Gasteiger partial charge is 0.458 e. The third kappa shape index (κ3) is 8.85. The molecule has 13 heteroatoms. The Morgan fingerprint density at radius 2 is 1.69 bits per heavy atom. The summed E-state index contributed by atoms with van der Waals surface area (Å²) in [6, 6.07) is -0.300. The van der Waals surface area contributed by atoms with Gasteiger partial charge in [-0.05, 0) is 73.9 Å². The molecule has 3 rings (SSSR count). The van der Waals surface area contributed by atoms with Crippen LogP contribution in [-0.4, -0.2) is 126 Å². The Morgan fingerprint density at radius 1 is 1.06 bits per heavy atom. The first-order valence-corrected chi connectivity index (χ1v) is 17.7. The number of hydrogen-bond acceptors (Lipinski definition) is 12. The number of cyclic esters (lactones) is 1. The molecule has 3 saturated heterocycles. The minimum absolute atomic E-state index is 0.0603. The second kappa shape index (κ2) is 16.0. The number of Topliss-reactive ketones (excluding diaryl/α,β-unsaturated/α-hetero) is 1. The zero-order valence-electron chi connectivity index (χ0n) is 31.6. The summed E-state index contributed by atoms with van der Waals surface area (Å²) in [5, 5.41) is 32.4. The Hall–Kier alpha value is -2.13. The van der Waals surface area contributed by atoms with Crippen LogP contribution in [0.3, 0.4) is 0 Å². The summed E-state index contributed by atoms with van der Waals surface area (Å²) in [6.07, 6.45) is -4.75. The molecular weight excluding hydrogens is 634 g/mol. The van der Waals surface area contributed by atoms with Crippen molar-refractivity contribution in [3.63, 3.8) is 0 Å². The molecule has 0 aromatic rings. The summed E-state index contributed by atoms with van der Waals surface area (Å²) in [5.74, 6) is -3.88. The number of nitrogens with zero attached hydrogens (tertiary/aromatic N) is 2. The normalized spacial score (nSPS) is 42.3. The maximum atomic E-state index is 14.5. The topological polar surface area (TPSA) is 177 Å².